The van der Waals surface area contributed by atoms with E-state index in [9.17, 15) is 4.79 Å². The number of nitrogens with zero attached hydrogens (tertiary/aromatic N) is 1. The molecule has 0 spiro atoms. The molecule has 10 heavy (non-hydrogen) atoms. The molecule has 1 rings (SSSR count). The Bertz CT molecular complexity index is 258. The van der Waals surface area contributed by atoms with Gasteiger partial charge in [-0.05, 0) is 13.0 Å². The lowest BCUT2D eigenvalue weighted by Crippen LogP contribution is -1.91. The molecule has 0 radical (unpaired) electrons. The number of ketones is 1. The normalized spacial score (nSPS) is 9.30. The van der Waals surface area contributed by atoms with Gasteiger partial charge in [-0.1, -0.05) is 0 Å². The average Bonchev–Trinajstić information content (AvgIpc) is 1.88. The highest BCUT2D eigenvalue weighted by molar-refractivity contribution is 5.93. The van der Waals surface area contributed by atoms with Crippen molar-refractivity contribution in [3.63, 3.8) is 0 Å². The molecule has 0 saturated heterocycles. The maximum atomic E-state index is 10.6. The van der Waals surface area contributed by atoms with E-state index in [1.807, 2.05) is 0 Å². The van der Waals surface area contributed by atoms with E-state index in [2.05, 4.69) is 4.98 Å². The first-order valence-electron chi connectivity index (χ1n) is 2.85. The van der Waals surface area contributed by atoms with Gasteiger partial charge in [0.1, 0.15) is 5.75 Å². The van der Waals surface area contributed by atoms with Crippen LogP contribution in [0.2, 0.25) is 0 Å². The van der Waals surface area contributed by atoms with E-state index < -0.39 is 0 Å². The first-order chi connectivity index (χ1) is 4.70. The van der Waals surface area contributed by atoms with Crippen molar-refractivity contribution in [2.75, 3.05) is 0 Å². The largest absolute Gasteiger partial charge is 0.506 e. The molecule has 3 heteroatoms. The maximum Gasteiger partial charge on any atom is 0.161 e. The lowest BCUT2D eigenvalue weighted by atomic mass is 10.2. The van der Waals surface area contributed by atoms with Gasteiger partial charge in [0.15, 0.2) is 5.78 Å². The number of rotatable bonds is 1. The van der Waals surface area contributed by atoms with Crippen LogP contribution in [0.1, 0.15) is 17.3 Å². The van der Waals surface area contributed by atoms with Gasteiger partial charge in [-0.3, -0.25) is 9.78 Å². The van der Waals surface area contributed by atoms with Gasteiger partial charge >= 0.3 is 0 Å². The second-order valence-electron chi connectivity index (χ2n) is 1.99. The van der Waals surface area contributed by atoms with Gasteiger partial charge in [0.05, 0.1) is 6.20 Å². The highest BCUT2D eigenvalue weighted by Crippen LogP contribution is 2.08. The van der Waals surface area contributed by atoms with Crippen LogP contribution in [-0.2, 0) is 0 Å². The van der Waals surface area contributed by atoms with Gasteiger partial charge in [0, 0.05) is 11.8 Å². The molecule has 0 aliphatic rings. The second kappa shape index (κ2) is 2.47. The minimum absolute atomic E-state index is 0.0210. The third-order valence-electron chi connectivity index (χ3n) is 1.13. The number of hydrogen-bond donors (Lipinski definition) is 1. The Morgan fingerprint density at radius 3 is 2.70 bits per heavy atom. The van der Waals surface area contributed by atoms with Crippen molar-refractivity contribution in [1.29, 1.82) is 0 Å². The summed E-state index contributed by atoms with van der Waals surface area (Å²) in [6.07, 6.45) is 2.70. The standard InChI is InChI=1S/C7H7NO2/c1-5(9)6-2-7(10)4-8-3-6/h2-4,10H,1H3. The summed E-state index contributed by atoms with van der Waals surface area (Å²) in [6, 6.07) is 1.38. The van der Waals surface area contributed by atoms with Crippen LogP contribution < -0.4 is 0 Å². The van der Waals surface area contributed by atoms with Crippen molar-refractivity contribution in [3.05, 3.63) is 24.0 Å². The predicted octanol–water partition coefficient (Wildman–Crippen LogP) is 0.990. The van der Waals surface area contributed by atoms with Crippen LogP contribution in [0.25, 0.3) is 0 Å². The fourth-order valence-corrected chi connectivity index (χ4v) is 0.620. The summed E-state index contributed by atoms with van der Waals surface area (Å²) in [5.74, 6) is -0.0731. The summed E-state index contributed by atoms with van der Waals surface area (Å²) in [7, 11) is 0. The molecule has 0 amide bonds. The van der Waals surface area contributed by atoms with Crippen molar-refractivity contribution in [1.82, 2.24) is 4.98 Å². The third kappa shape index (κ3) is 1.31. The number of carbonyl (C=O) groups excluding carboxylic acids is 1. The van der Waals surface area contributed by atoms with E-state index in [-0.39, 0.29) is 11.5 Å². The molecule has 0 bridgehead atoms. The Hall–Kier alpha value is -1.38. The zero-order chi connectivity index (χ0) is 7.56. The van der Waals surface area contributed by atoms with Gasteiger partial charge in [0.25, 0.3) is 0 Å². The minimum atomic E-state index is -0.0941. The summed E-state index contributed by atoms with van der Waals surface area (Å²) in [4.78, 5) is 14.3. The van der Waals surface area contributed by atoms with E-state index in [1.165, 1.54) is 25.4 Å². The van der Waals surface area contributed by atoms with Crippen LogP contribution in [0.3, 0.4) is 0 Å². The molecule has 0 atom stereocenters. The first-order valence-corrected chi connectivity index (χ1v) is 2.85. The summed E-state index contributed by atoms with van der Waals surface area (Å²) in [5, 5.41) is 8.85. The smallest absolute Gasteiger partial charge is 0.161 e. The molecular formula is C7H7NO2. The Morgan fingerprint density at radius 2 is 2.30 bits per heavy atom. The zero-order valence-corrected chi connectivity index (χ0v) is 5.53. The van der Waals surface area contributed by atoms with Gasteiger partial charge in [-0.25, -0.2) is 0 Å². The molecule has 1 heterocycles. The predicted molar refractivity (Wildman–Crippen MR) is 35.9 cm³/mol. The SMILES string of the molecule is CC(=O)c1cncc(O)c1. The Morgan fingerprint density at radius 1 is 1.60 bits per heavy atom. The second-order valence-corrected chi connectivity index (χ2v) is 1.99. The van der Waals surface area contributed by atoms with Crippen LogP contribution in [0.5, 0.6) is 5.75 Å². The molecule has 1 N–H and O–H groups in total. The highest BCUT2D eigenvalue weighted by Gasteiger charge is 1.98. The third-order valence-corrected chi connectivity index (χ3v) is 1.13. The molecule has 0 unspecified atom stereocenters. The summed E-state index contributed by atoms with van der Waals surface area (Å²) in [6.45, 7) is 1.43. The van der Waals surface area contributed by atoms with Gasteiger partial charge in [-0.15, -0.1) is 0 Å². The molecule has 3 nitrogen and oxygen atoms in total. The summed E-state index contributed by atoms with van der Waals surface area (Å²) < 4.78 is 0. The number of Topliss-reactive ketones (excluding diaryl/α,β-unsaturated/α-hetero) is 1. The molecule has 0 fully saturated rings. The van der Waals surface area contributed by atoms with Gasteiger partial charge in [0.2, 0.25) is 0 Å². The maximum absolute atomic E-state index is 10.6. The molecule has 1 aromatic heterocycles. The van der Waals surface area contributed by atoms with Crippen molar-refractivity contribution in [2.24, 2.45) is 0 Å². The van der Waals surface area contributed by atoms with E-state index >= 15 is 0 Å². The lowest BCUT2D eigenvalue weighted by molar-refractivity contribution is 0.101. The van der Waals surface area contributed by atoms with Gasteiger partial charge < -0.3 is 5.11 Å². The molecule has 0 aliphatic heterocycles. The molecule has 0 aromatic carbocycles. The van der Waals surface area contributed by atoms with Crippen molar-refractivity contribution < 1.29 is 9.90 Å². The lowest BCUT2D eigenvalue weighted by Gasteiger charge is -1.93. The molecule has 1 aromatic rings. The molecular weight excluding hydrogens is 130 g/mol. The molecule has 52 valence electrons. The fraction of sp³-hybridized carbons (Fsp3) is 0.143. The Kier molecular flexibility index (Phi) is 1.67. The number of aromatic nitrogens is 1. The molecule has 0 aliphatic carbocycles. The first kappa shape index (κ1) is 6.74. The summed E-state index contributed by atoms with van der Waals surface area (Å²) in [5.41, 5.74) is 0.431. The van der Waals surface area contributed by atoms with Crippen molar-refractivity contribution in [3.8, 4) is 5.75 Å². The minimum Gasteiger partial charge on any atom is -0.506 e. The Balaban J connectivity index is 3.07. The number of carbonyl (C=O) groups is 1. The quantitative estimate of drug-likeness (QED) is 0.587. The van der Waals surface area contributed by atoms with E-state index in [0.717, 1.165) is 0 Å². The van der Waals surface area contributed by atoms with Crippen molar-refractivity contribution >= 4 is 5.78 Å². The van der Waals surface area contributed by atoms with Crippen LogP contribution in [0, 0.1) is 0 Å². The summed E-state index contributed by atoms with van der Waals surface area (Å²) >= 11 is 0. The van der Waals surface area contributed by atoms with E-state index in [4.69, 9.17) is 5.11 Å². The number of pyridine rings is 1. The highest BCUT2D eigenvalue weighted by atomic mass is 16.3. The van der Waals surface area contributed by atoms with E-state index in [0.29, 0.717) is 5.56 Å². The van der Waals surface area contributed by atoms with E-state index in [1.54, 1.807) is 0 Å². The number of aromatic hydroxyl groups is 1. The fourth-order valence-electron chi connectivity index (χ4n) is 0.620. The van der Waals surface area contributed by atoms with Crippen LogP contribution in [0.15, 0.2) is 18.5 Å². The zero-order valence-electron chi connectivity index (χ0n) is 5.53. The molecule has 0 saturated carbocycles. The monoisotopic (exact) mass is 137 g/mol. The number of hydrogen-bond acceptors (Lipinski definition) is 3. The van der Waals surface area contributed by atoms with Crippen molar-refractivity contribution in [2.45, 2.75) is 6.92 Å². The van der Waals surface area contributed by atoms with Crippen LogP contribution in [0.4, 0.5) is 0 Å². The Labute approximate surface area is 58.3 Å². The average molecular weight is 137 g/mol. The van der Waals surface area contributed by atoms with Crippen LogP contribution in [-0.4, -0.2) is 15.9 Å². The van der Waals surface area contributed by atoms with Gasteiger partial charge in [-0.2, -0.15) is 0 Å². The topological polar surface area (TPSA) is 50.2 Å². The van der Waals surface area contributed by atoms with Crippen LogP contribution >= 0.6 is 0 Å².